The molecule has 4 atom stereocenters. The summed E-state index contributed by atoms with van der Waals surface area (Å²) >= 11 is 0. The van der Waals surface area contributed by atoms with Crippen molar-refractivity contribution < 1.29 is 35.1 Å². The summed E-state index contributed by atoms with van der Waals surface area (Å²) in [5.74, 6) is -2.27. The monoisotopic (exact) mass is 279 g/mol. The number of carboxylic acids is 1. The zero-order chi connectivity index (χ0) is 15.2. The largest absolute Gasteiger partial charge is 0.480 e. The highest BCUT2D eigenvalue weighted by Gasteiger charge is 2.30. The van der Waals surface area contributed by atoms with Gasteiger partial charge in [0.1, 0.15) is 24.4 Å². The predicted molar refractivity (Wildman–Crippen MR) is 64.4 cm³/mol. The fourth-order valence-electron chi connectivity index (χ4n) is 1.43. The zero-order valence-corrected chi connectivity index (χ0v) is 10.9. The molecule has 0 aromatic heterocycles. The summed E-state index contributed by atoms with van der Waals surface area (Å²) in [4.78, 5) is 22.3. The number of rotatable bonds is 9. The van der Waals surface area contributed by atoms with Crippen molar-refractivity contribution in [2.75, 3.05) is 13.2 Å². The van der Waals surface area contributed by atoms with Gasteiger partial charge in [-0.25, -0.2) is 0 Å². The van der Waals surface area contributed by atoms with E-state index in [0.29, 0.717) is 0 Å². The first-order valence-electron chi connectivity index (χ1n) is 5.86. The van der Waals surface area contributed by atoms with E-state index < -0.39 is 49.3 Å². The molecule has 8 heteroatoms. The van der Waals surface area contributed by atoms with Crippen LogP contribution in [0.5, 0.6) is 0 Å². The Morgan fingerprint density at radius 1 is 1.16 bits per heavy atom. The fraction of sp³-hybridized carbons (Fsp3) is 0.818. The van der Waals surface area contributed by atoms with E-state index in [1.165, 1.54) is 0 Å². The van der Waals surface area contributed by atoms with Crippen molar-refractivity contribution in [3.63, 3.8) is 0 Å². The number of aliphatic carboxylic acids is 1. The van der Waals surface area contributed by atoms with Gasteiger partial charge in [-0.2, -0.15) is 0 Å². The van der Waals surface area contributed by atoms with Gasteiger partial charge in [-0.1, -0.05) is 13.8 Å². The van der Waals surface area contributed by atoms with Gasteiger partial charge in [-0.05, 0) is 5.92 Å². The van der Waals surface area contributed by atoms with Crippen LogP contribution in [-0.2, 0) is 9.59 Å². The Kier molecular flexibility index (Phi) is 7.72. The Labute approximate surface area is 110 Å². The minimum atomic E-state index is -1.89. The Morgan fingerprint density at radius 2 is 1.68 bits per heavy atom. The summed E-state index contributed by atoms with van der Waals surface area (Å²) in [5, 5.41) is 47.7. The van der Waals surface area contributed by atoms with E-state index in [0.717, 1.165) is 0 Å². The predicted octanol–water partition coefficient (Wildman–Crippen LogP) is -2.67. The van der Waals surface area contributed by atoms with Gasteiger partial charge < -0.3 is 25.5 Å². The van der Waals surface area contributed by atoms with E-state index >= 15 is 0 Å². The molecule has 0 aromatic carbocycles. The smallest absolute Gasteiger partial charge is 0.320 e. The highest BCUT2D eigenvalue weighted by molar-refractivity contribution is 5.86. The summed E-state index contributed by atoms with van der Waals surface area (Å²) in [6, 6.07) is -0.962. The van der Waals surface area contributed by atoms with Crippen LogP contribution in [0.15, 0.2) is 0 Å². The Hall–Kier alpha value is -1.06. The first-order valence-corrected chi connectivity index (χ1v) is 5.86. The van der Waals surface area contributed by atoms with Crippen LogP contribution in [0.1, 0.15) is 13.8 Å². The number of aliphatic hydroxyl groups excluding tert-OH is 4. The first kappa shape index (κ1) is 17.9. The first-order chi connectivity index (χ1) is 8.72. The third kappa shape index (κ3) is 5.62. The van der Waals surface area contributed by atoms with Gasteiger partial charge in [-0.15, -0.1) is 0 Å². The summed E-state index contributed by atoms with van der Waals surface area (Å²) in [6.07, 6.45) is -5.35. The molecule has 0 aliphatic heterocycles. The number of nitrogens with one attached hydrogen (secondary N) is 1. The third-order valence-electron chi connectivity index (χ3n) is 2.66. The quantitative estimate of drug-likeness (QED) is 0.268. The molecule has 0 unspecified atom stereocenters. The molecule has 0 spiro atoms. The van der Waals surface area contributed by atoms with Crippen LogP contribution in [0, 0.1) is 5.92 Å². The van der Waals surface area contributed by atoms with E-state index in [2.05, 4.69) is 5.32 Å². The van der Waals surface area contributed by atoms with E-state index in [1.54, 1.807) is 13.8 Å². The number of ketones is 1. The topological polar surface area (TPSA) is 147 Å². The van der Waals surface area contributed by atoms with Crippen molar-refractivity contribution in [1.29, 1.82) is 0 Å². The second-order valence-electron chi connectivity index (χ2n) is 4.59. The molecule has 6 N–H and O–H groups in total. The Morgan fingerprint density at radius 3 is 2.05 bits per heavy atom. The molecular formula is C11H21NO7. The van der Waals surface area contributed by atoms with Crippen molar-refractivity contribution in [2.45, 2.75) is 38.2 Å². The van der Waals surface area contributed by atoms with E-state index in [1.807, 2.05) is 0 Å². The van der Waals surface area contributed by atoms with Crippen LogP contribution in [-0.4, -0.2) is 74.8 Å². The number of hydrogen-bond acceptors (Lipinski definition) is 7. The lowest BCUT2D eigenvalue weighted by Crippen LogP contribution is -2.49. The maximum Gasteiger partial charge on any atom is 0.320 e. The summed E-state index contributed by atoms with van der Waals surface area (Å²) in [5.41, 5.74) is 0. The normalized spacial score (nSPS) is 17.8. The average molecular weight is 279 g/mol. The molecule has 0 radical (unpaired) electrons. The maximum absolute atomic E-state index is 11.5. The van der Waals surface area contributed by atoms with Crippen LogP contribution in [0.3, 0.4) is 0 Å². The lowest BCUT2D eigenvalue weighted by atomic mass is 10.0. The Bertz CT molecular complexity index is 307. The third-order valence-corrected chi connectivity index (χ3v) is 2.66. The van der Waals surface area contributed by atoms with Crippen LogP contribution in [0.4, 0.5) is 0 Å². The van der Waals surface area contributed by atoms with Gasteiger partial charge >= 0.3 is 5.97 Å². The van der Waals surface area contributed by atoms with Crippen LogP contribution < -0.4 is 5.32 Å². The molecule has 8 nitrogen and oxygen atoms in total. The van der Waals surface area contributed by atoms with Gasteiger partial charge in [0, 0.05) is 0 Å². The van der Waals surface area contributed by atoms with Crippen molar-refractivity contribution in [2.24, 2.45) is 5.92 Å². The maximum atomic E-state index is 11.5. The molecule has 0 amide bonds. The van der Waals surface area contributed by atoms with Crippen molar-refractivity contribution in [3.05, 3.63) is 0 Å². The van der Waals surface area contributed by atoms with Crippen molar-refractivity contribution in [1.82, 2.24) is 5.32 Å². The van der Waals surface area contributed by atoms with E-state index in [-0.39, 0.29) is 5.92 Å². The molecule has 0 saturated carbocycles. The molecule has 0 heterocycles. The standard InChI is InChI=1S/C11H21NO7/c1-5(2)8(11(18)19)12-3-6(14)9(16)10(17)7(15)4-13/h5,7-10,12-13,15-17H,3-4H2,1-2H3,(H,18,19)/t7-,8+,9-,10-/m1/s1. The summed E-state index contributed by atoms with van der Waals surface area (Å²) in [7, 11) is 0. The van der Waals surface area contributed by atoms with Crippen molar-refractivity contribution in [3.8, 4) is 0 Å². The van der Waals surface area contributed by atoms with Gasteiger partial charge in [0.15, 0.2) is 5.78 Å². The molecule has 0 bridgehead atoms. The lowest BCUT2D eigenvalue weighted by molar-refractivity contribution is -0.142. The Balaban J connectivity index is 4.41. The lowest BCUT2D eigenvalue weighted by Gasteiger charge is -2.22. The fourth-order valence-corrected chi connectivity index (χ4v) is 1.43. The average Bonchev–Trinajstić information content (AvgIpc) is 2.34. The van der Waals surface area contributed by atoms with E-state index in [4.69, 9.17) is 15.3 Å². The molecular weight excluding hydrogens is 258 g/mol. The number of aliphatic hydroxyl groups is 4. The summed E-state index contributed by atoms with van der Waals surface area (Å²) in [6.45, 7) is 2.03. The minimum absolute atomic E-state index is 0.268. The number of carboxylic acid groups (broad SMARTS) is 1. The van der Waals surface area contributed by atoms with E-state index in [9.17, 15) is 19.8 Å². The zero-order valence-electron chi connectivity index (χ0n) is 10.9. The molecule has 19 heavy (non-hydrogen) atoms. The SMILES string of the molecule is CC(C)[C@H](NCC(=O)[C@@H](O)[C@H](O)[C@H](O)CO)C(=O)O. The number of hydrogen-bond donors (Lipinski definition) is 6. The molecule has 0 rings (SSSR count). The van der Waals surface area contributed by atoms with Gasteiger partial charge in [0.2, 0.25) is 0 Å². The summed E-state index contributed by atoms with van der Waals surface area (Å²) < 4.78 is 0. The molecule has 0 aliphatic rings. The second kappa shape index (κ2) is 8.18. The second-order valence-corrected chi connectivity index (χ2v) is 4.59. The molecule has 0 aliphatic carbocycles. The highest BCUT2D eigenvalue weighted by atomic mass is 16.4. The number of carbonyl (C=O) groups is 2. The van der Waals surface area contributed by atoms with Crippen LogP contribution in [0.25, 0.3) is 0 Å². The minimum Gasteiger partial charge on any atom is -0.480 e. The van der Waals surface area contributed by atoms with Gasteiger partial charge in [0.25, 0.3) is 0 Å². The molecule has 0 saturated heterocycles. The van der Waals surface area contributed by atoms with Crippen LogP contribution in [0.2, 0.25) is 0 Å². The van der Waals surface area contributed by atoms with Gasteiger partial charge in [0.05, 0.1) is 13.2 Å². The molecule has 112 valence electrons. The number of Topliss-reactive ketones (excluding diaryl/α,β-unsaturated/α-hetero) is 1. The van der Waals surface area contributed by atoms with Crippen LogP contribution >= 0.6 is 0 Å². The van der Waals surface area contributed by atoms with Crippen molar-refractivity contribution >= 4 is 11.8 Å². The number of carbonyl (C=O) groups excluding carboxylic acids is 1. The molecule has 0 fully saturated rings. The van der Waals surface area contributed by atoms with Gasteiger partial charge in [-0.3, -0.25) is 14.9 Å². The molecule has 0 aromatic rings. The highest BCUT2D eigenvalue weighted by Crippen LogP contribution is 2.04.